The third-order valence-electron chi connectivity index (χ3n) is 6.01. The Kier molecular flexibility index (Phi) is 9.51. The number of amides is 2. The monoisotopic (exact) mass is 680 g/mol. The molecule has 2 aromatic carbocycles. The summed E-state index contributed by atoms with van der Waals surface area (Å²) in [5.74, 6) is -1.69. The van der Waals surface area contributed by atoms with Gasteiger partial charge in [-0.3, -0.25) is 33.4 Å². The van der Waals surface area contributed by atoms with Gasteiger partial charge in [0.05, 0.1) is 21.7 Å². The molecule has 4 aromatic rings. The first kappa shape index (κ1) is 34.8. The third kappa shape index (κ3) is 7.17. The van der Waals surface area contributed by atoms with Crippen molar-refractivity contribution in [3.63, 3.8) is 0 Å². The van der Waals surface area contributed by atoms with Crippen molar-refractivity contribution < 1.29 is 53.4 Å². The van der Waals surface area contributed by atoms with Gasteiger partial charge >= 0.3 is 0 Å². The number of hydrogen-bond donors (Lipinski definition) is 5. The van der Waals surface area contributed by atoms with Gasteiger partial charge in [-0.15, -0.1) is 0 Å². The van der Waals surface area contributed by atoms with Crippen molar-refractivity contribution in [3.05, 3.63) is 70.3 Å². The van der Waals surface area contributed by atoms with Crippen LogP contribution in [0.2, 0.25) is 0 Å². The normalized spacial score (nSPS) is 12.0. The van der Waals surface area contributed by atoms with Crippen LogP contribution in [0.5, 0.6) is 0 Å². The fraction of sp³-hybridized carbons (Fsp3) is 0.0909. The average molecular weight is 681 g/mol. The van der Waals surface area contributed by atoms with E-state index in [1.165, 1.54) is 35.5 Å². The van der Waals surface area contributed by atoms with Crippen molar-refractivity contribution in [2.24, 2.45) is 14.1 Å². The molecule has 0 aliphatic heterocycles. The van der Waals surface area contributed by atoms with Crippen LogP contribution in [0.15, 0.2) is 63.5 Å². The number of aromatic nitrogens is 2. The molecule has 0 aliphatic carbocycles. The second kappa shape index (κ2) is 12.0. The summed E-state index contributed by atoms with van der Waals surface area (Å²) < 4.78 is 103. The predicted molar refractivity (Wildman–Crippen MR) is 153 cm³/mol. The number of aryl methyl sites for hydroxylation is 2. The van der Waals surface area contributed by atoms with E-state index in [9.17, 15) is 58.6 Å². The molecule has 0 spiro atoms. The summed E-state index contributed by atoms with van der Waals surface area (Å²) in [4.78, 5) is 32.7. The number of benzene rings is 2. The molecule has 2 amide bonds. The molecule has 0 saturated heterocycles. The van der Waals surface area contributed by atoms with Crippen molar-refractivity contribution in [1.29, 1.82) is 0 Å². The first-order chi connectivity index (χ1) is 19.7. The molecule has 2 heterocycles. The number of nitrogens with zero attached hydrogens (tertiary/aromatic N) is 3. The number of hydrogen-bond acceptors (Lipinski definition) is 10. The fourth-order valence-corrected chi connectivity index (χ4v) is 6.19. The van der Waals surface area contributed by atoms with Crippen LogP contribution in [0.4, 0.5) is 17.1 Å². The summed E-state index contributed by atoms with van der Waals surface area (Å²) in [5, 5.41) is 14.4. The minimum Gasteiger partial charge on any atom is -0.344 e. The molecule has 1 radical (unpaired) electrons. The van der Waals surface area contributed by atoms with Crippen LogP contribution < -0.4 is 10.6 Å². The Hall–Kier alpha value is -3.67. The largest absolute Gasteiger partial charge is 0.344 e. The summed E-state index contributed by atoms with van der Waals surface area (Å²) in [5.41, 5.74) is -0.894. The minimum atomic E-state index is -5.26. The molecule has 22 heteroatoms. The number of carbonyl (C=O) groups excluding carboxylic acids is 2. The molecule has 5 N–H and O–H groups in total. The van der Waals surface area contributed by atoms with Gasteiger partial charge < -0.3 is 19.8 Å². The van der Waals surface area contributed by atoms with Crippen molar-refractivity contribution >= 4 is 99.6 Å². The van der Waals surface area contributed by atoms with Gasteiger partial charge in [-0.05, 0) is 30.3 Å². The van der Waals surface area contributed by atoms with Crippen LogP contribution in [-0.2, 0) is 44.4 Å². The van der Waals surface area contributed by atoms with Crippen LogP contribution in [0.1, 0.15) is 21.0 Å². The number of rotatable bonds is 8. The molecule has 44 heavy (non-hydrogen) atoms. The standard InChI is InChI=1S/C22H19N5O13S3.Na/c1-25-9-12(24-22(29)18-6-13(27(30)31)10-26(18)2)4-17(25)21(28)23-11-3-15-16(19(5-11)42(35,36)37)7-14(41(32,33)34)8-20(15)43(38,39)40;/h3-10H,1-2H3,(H,23,28)(H,24,29)(H,32,33,34)(H,35,36,37)(H,38,39,40);. The molecule has 4 rings (SSSR count). The zero-order valence-corrected chi connectivity index (χ0v) is 27.1. The van der Waals surface area contributed by atoms with Gasteiger partial charge in [0.1, 0.15) is 21.2 Å². The Morgan fingerprint density at radius 1 is 0.705 bits per heavy atom. The first-order valence-electron chi connectivity index (χ1n) is 11.3. The topological polar surface area (TPSA) is 274 Å². The second-order valence-electron chi connectivity index (χ2n) is 9.00. The first-order valence-corrected chi connectivity index (χ1v) is 15.6. The summed E-state index contributed by atoms with van der Waals surface area (Å²) in [6.07, 6.45) is 2.43. The maximum absolute atomic E-state index is 13.1. The van der Waals surface area contributed by atoms with Gasteiger partial charge in [-0.2, -0.15) is 25.3 Å². The third-order valence-corrected chi connectivity index (χ3v) is 8.63. The molecule has 2 aromatic heterocycles. The summed E-state index contributed by atoms with van der Waals surface area (Å²) >= 11 is 0. The second-order valence-corrected chi connectivity index (χ2v) is 13.2. The van der Waals surface area contributed by atoms with Crippen molar-refractivity contribution in [2.75, 3.05) is 10.6 Å². The smallest absolute Gasteiger partial charge is 0.295 e. The molecule has 0 aliphatic rings. The van der Waals surface area contributed by atoms with Crippen molar-refractivity contribution in [2.45, 2.75) is 14.7 Å². The molecular weight excluding hydrogens is 661 g/mol. The summed E-state index contributed by atoms with van der Waals surface area (Å²) in [6, 6.07) is 4.66. The quantitative estimate of drug-likeness (QED) is 0.0760. The van der Waals surface area contributed by atoms with Crippen LogP contribution >= 0.6 is 0 Å². The average Bonchev–Trinajstić information content (AvgIpc) is 3.43. The number of nitro groups is 1. The number of nitrogens with one attached hydrogen (secondary N) is 2. The van der Waals surface area contributed by atoms with E-state index < -0.39 is 78.2 Å². The van der Waals surface area contributed by atoms with Gasteiger partial charge in [0.15, 0.2) is 0 Å². The molecule has 0 unspecified atom stereocenters. The predicted octanol–water partition coefficient (Wildman–Crippen LogP) is 1.29. The van der Waals surface area contributed by atoms with E-state index >= 15 is 0 Å². The Labute approximate surface area is 270 Å². The molecule has 0 fully saturated rings. The van der Waals surface area contributed by atoms with E-state index in [-0.39, 0.29) is 52.3 Å². The molecule has 0 bridgehead atoms. The molecule has 229 valence electrons. The van der Waals surface area contributed by atoms with E-state index in [0.29, 0.717) is 18.2 Å². The number of anilines is 2. The van der Waals surface area contributed by atoms with E-state index in [2.05, 4.69) is 10.6 Å². The minimum absolute atomic E-state index is 0. The van der Waals surface area contributed by atoms with Gasteiger partial charge in [0, 0.05) is 72.4 Å². The van der Waals surface area contributed by atoms with Crippen molar-refractivity contribution in [3.8, 4) is 0 Å². The van der Waals surface area contributed by atoms with Crippen molar-refractivity contribution in [1.82, 2.24) is 9.13 Å². The summed E-state index contributed by atoms with van der Waals surface area (Å²) in [6.45, 7) is 0. The number of fused-ring (bicyclic) bond motifs is 1. The Morgan fingerprint density at radius 2 is 1.18 bits per heavy atom. The number of carbonyl (C=O) groups is 2. The molecular formula is C22H19N5NaO13S3. The molecule has 0 saturated carbocycles. The Balaban J connectivity index is 0.00000529. The summed E-state index contributed by atoms with van der Waals surface area (Å²) in [7, 11) is -12.8. The van der Waals surface area contributed by atoms with E-state index in [1.54, 1.807) is 0 Å². The maximum atomic E-state index is 13.1. The van der Waals surface area contributed by atoms with E-state index in [4.69, 9.17) is 0 Å². The Morgan fingerprint density at radius 3 is 1.68 bits per heavy atom. The zero-order valence-electron chi connectivity index (χ0n) is 22.6. The Bertz CT molecular complexity index is 2210. The van der Waals surface area contributed by atoms with E-state index in [0.717, 1.165) is 18.3 Å². The fourth-order valence-electron chi connectivity index (χ4n) is 4.14. The van der Waals surface area contributed by atoms with Crippen LogP contribution in [0.3, 0.4) is 0 Å². The van der Waals surface area contributed by atoms with Crippen LogP contribution in [0.25, 0.3) is 10.8 Å². The SMILES string of the molecule is Cn1cc(NC(=O)c2cc([N+](=O)[O-])cn2C)cc1C(=O)Nc1cc(S(=O)(=O)O)c2cc(S(=O)(=O)O)cc(S(=O)(=O)O)c2c1.[Na]. The van der Waals surface area contributed by atoms with E-state index in [1.807, 2.05) is 0 Å². The van der Waals surface area contributed by atoms with Gasteiger partial charge in [0.25, 0.3) is 47.9 Å². The molecule has 0 atom stereocenters. The van der Waals surface area contributed by atoms with Gasteiger partial charge in [0.2, 0.25) is 0 Å². The van der Waals surface area contributed by atoms with Gasteiger partial charge in [-0.25, -0.2) is 0 Å². The van der Waals surface area contributed by atoms with Gasteiger partial charge in [-0.1, -0.05) is 0 Å². The zero-order chi connectivity index (χ0) is 32.2. The van der Waals surface area contributed by atoms with Crippen LogP contribution in [0, 0.1) is 10.1 Å². The maximum Gasteiger partial charge on any atom is 0.295 e. The van der Waals surface area contributed by atoms with Crippen LogP contribution in [-0.4, -0.2) is 94.3 Å². The molecule has 18 nitrogen and oxygen atoms in total.